The molecular formula is C14H23N3O2S. The number of aromatic nitrogens is 1. The molecule has 2 rings (SSSR count). The number of nitrogens with zero attached hydrogens (tertiary/aromatic N) is 1. The van der Waals surface area contributed by atoms with Crippen LogP contribution in [0.4, 0.5) is 0 Å². The van der Waals surface area contributed by atoms with Crippen LogP contribution in [0.2, 0.25) is 0 Å². The van der Waals surface area contributed by atoms with Crippen LogP contribution in [0.5, 0.6) is 0 Å². The van der Waals surface area contributed by atoms with E-state index < -0.39 is 10.0 Å². The minimum atomic E-state index is -3.28. The van der Waals surface area contributed by atoms with Crippen molar-refractivity contribution in [3.05, 3.63) is 30.1 Å². The van der Waals surface area contributed by atoms with Crippen molar-refractivity contribution < 1.29 is 8.42 Å². The largest absolute Gasteiger partial charge is 0.326 e. The second-order valence-electron chi connectivity index (χ2n) is 5.45. The fourth-order valence-corrected chi connectivity index (χ4v) is 3.95. The smallest absolute Gasteiger partial charge is 0.212 e. The zero-order valence-corrected chi connectivity index (χ0v) is 12.5. The van der Waals surface area contributed by atoms with Crippen molar-refractivity contribution in [2.75, 3.05) is 5.75 Å². The van der Waals surface area contributed by atoms with Crippen molar-refractivity contribution in [1.29, 1.82) is 0 Å². The maximum Gasteiger partial charge on any atom is 0.212 e. The van der Waals surface area contributed by atoms with Gasteiger partial charge in [-0.05, 0) is 37.0 Å². The molecule has 1 aromatic heterocycles. The third-order valence-corrected chi connectivity index (χ3v) is 5.21. The maximum absolute atomic E-state index is 12.1. The number of hydrogen-bond acceptors (Lipinski definition) is 4. The molecule has 1 aromatic rings. The van der Waals surface area contributed by atoms with E-state index >= 15 is 0 Å². The van der Waals surface area contributed by atoms with Gasteiger partial charge in [0.05, 0.1) is 5.75 Å². The molecule has 0 spiro atoms. The van der Waals surface area contributed by atoms with Crippen LogP contribution in [0.15, 0.2) is 24.5 Å². The number of rotatable bonds is 5. The zero-order chi connectivity index (χ0) is 14.4. The molecule has 0 aromatic carbocycles. The Labute approximate surface area is 121 Å². The summed E-state index contributed by atoms with van der Waals surface area (Å²) < 4.78 is 27.1. The van der Waals surface area contributed by atoms with Crippen LogP contribution in [0, 0.1) is 0 Å². The highest BCUT2D eigenvalue weighted by Crippen LogP contribution is 2.17. The summed E-state index contributed by atoms with van der Waals surface area (Å²) in [5, 5.41) is 0. The van der Waals surface area contributed by atoms with Gasteiger partial charge < -0.3 is 5.73 Å². The Morgan fingerprint density at radius 1 is 1.20 bits per heavy atom. The van der Waals surface area contributed by atoms with Crippen LogP contribution in [-0.2, 0) is 16.4 Å². The SMILES string of the molecule is NC1CCCCCC1NS(=O)(=O)CCc1ccncc1. The molecule has 1 aliphatic carbocycles. The van der Waals surface area contributed by atoms with E-state index in [0.29, 0.717) is 6.42 Å². The van der Waals surface area contributed by atoms with Gasteiger partial charge in [-0.15, -0.1) is 0 Å². The van der Waals surface area contributed by atoms with Crippen molar-refractivity contribution in [2.45, 2.75) is 50.6 Å². The Bertz CT molecular complexity index is 504. The lowest BCUT2D eigenvalue weighted by molar-refractivity contribution is 0.456. The Kier molecular flexibility index (Phi) is 5.51. The Hall–Kier alpha value is -0.980. The Balaban J connectivity index is 1.89. The first kappa shape index (κ1) is 15.4. The van der Waals surface area contributed by atoms with Crippen molar-refractivity contribution in [3.63, 3.8) is 0 Å². The number of nitrogens with two attached hydrogens (primary N) is 1. The van der Waals surface area contributed by atoms with Gasteiger partial charge in [0.1, 0.15) is 0 Å². The molecule has 1 aliphatic rings. The van der Waals surface area contributed by atoms with Gasteiger partial charge in [-0.2, -0.15) is 0 Å². The van der Waals surface area contributed by atoms with Crippen LogP contribution in [0.25, 0.3) is 0 Å². The number of nitrogens with one attached hydrogen (secondary N) is 1. The van der Waals surface area contributed by atoms with E-state index in [1.165, 1.54) is 0 Å². The van der Waals surface area contributed by atoms with Gasteiger partial charge >= 0.3 is 0 Å². The summed E-state index contributed by atoms with van der Waals surface area (Å²) in [6.07, 6.45) is 8.88. The van der Waals surface area contributed by atoms with E-state index in [9.17, 15) is 8.42 Å². The van der Waals surface area contributed by atoms with E-state index in [1.807, 2.05) is 12.1 Å². The predicted octanol–water partition coefficient (Wildman–Crippen LogP) is 1.20. The van der Waals surface area contributed by atoms with Gasteiger partial charge in [-0.1, -0.05) is 19.3 Å². The first-order chi connectivity index (χ1) is 9.57. The molecule has 6 heteroatoms. The highest BCUT2D eigenvalue weighted by molar-refractivity contribution is 7.89. The van der Waals surface area contributed by atoms with E-state index in [2.05, 4.69) is 9.71 Å². The number of sulfonamides is 1. The molecule has 112 valence electrons. The fourth-order valence-electron chi connectivity index (χ4n) is 2.57. The number of aryl methyl sites for hydroxylation is 1. The molecule has 0 saturated heterocycles. The van der Waals surface area contributed by atoms with Gasteiger partial charge in [0.15, 0.2) is 0 Å². The van der Waals surface area contributed by atoms with Gasteiger partial charge in [0.25, 0.3) is 0 Å². The minimum Gasteiger partial charge on any atom is -0.326 e. The lowest BCUT2D eigenvalue weighted by Gasteiger charge is -2.22. The first-order valence-corrected chi connectivity index (χ1v) is 8.86. The molecule has 0 aliphatic heterocycles. The minimum absolute atomic E-state index is 0.0619. The van der Waals surface area contributed by atoms with Crippen molar-refractivity contribution >= 4 is 10.0 Å². The second-order valence-corrected chi connectivity index (χ2v) is 7.32. The number of pyridine rings is 1. The molecule has 20 heavy (non-hydrogen) atoms. The van der Waals surface area contributed by atoms with Crippen molar-refractivity contribution in [3.8, 4) is 0 Å². The third-order valence-electron chi connectivity index (χ3n) is 3.81. The second kappa shape index (κ2) is 7.15. The summed E-state index contributed by atoms with van der Waals surface area (Å²) in [4.78, 5) is 3.92. The molecule has 1 fully saturated rings. The Morgan fingerprint density at radius 2 is 1.90 bits per heavy atom. The summed E-state index contributed by atoms with van der Waals surface area (Å²) >= 11 is 0. The van der Waals surface area contributed by atoms with Gasteiger partial charge in [0.2, 0.25) is 10.0 Å². The summed E-state index contributed by atoms with van der Waals surface area (Å²) in [7, 11) is -3.28. The molecule has 3 N–H and O–H groups in total. The van der Waals surface area contributed by atoms with Crippen molar-refractivity contribution in [1.82, 2.24) is 9.71 Å². The summed E-state index contributed by atoms with van der Waals surface area (Å²) in [5.41, 5.74) is 7.04. The topological polar surface area (TPSA) is 85.1 Å². The standard InChI is InChI=1S/C14H23N3O2S/c15-13-4-2-1-3-5-14(13)17-20(18,19)11-8-12-6-9-16-10-7-12/h6-7,9-10,13-14,17H,1-5,8,11,15H2. The first-order valence-electron chi connectivity index (χ1n) is 7.21. The van der Waals surface area contributed by atoms with Crippen molar-refractivity contribution in [2.24, 2.45) is 5.73 Å². The molecular weight excluding hydrogens is 274 g/mol. The average molecular weight is 297 g/mol. The molecule has 5 nitrogen and oxygen atoms in total. The molecule has 0 radical (unpaired) electrons. The van der Waals surface area contributed by atoms with E-state index in [4.69, 9.17) is 5.73 Å². The normalized spacial score (nSPS) is 24.2. The maximum atomic E-state index is 12.1. The van der Waals surface area contributed by atoms with Crippen LogP contribution in [0.3, 0.4) is 0 Å². The van der Waals surface area contributed by atoms with Crippen LogP contribution >= 0.6 is 0 Å². The molecule has 0 bridgehead atoms. The lowest BCUT2D eigenvalue weighted by atomic mass is 10.1. The van der Waals surface area contributed by atoms with E-state index in [-0.39, 0.29) is 17.8 Å². The molecule has 2 unspecified atom stereocenters. The fraction of sp³-hybridized carbons (Fsp3) is 0.643. The van der Waals surface area contributed by atoms with Gasteiger partial charge in [-0.3, -0.25) is 4.98 Å². The quantitative estimate of drug-likeness (QED) is 0.800. The Morgan fingerprint density at radius 3 is 2.65 bits per heavy atom. The average Bonchev–Trinajstić information content (AvgIpc) is 2.63. The summed E-state index contributed by atoms with van der Waals surface area (Å²) in [5.74, 6) is 0.0975. The van der Waals surface area contributed by atoms with E-state index in [0.717, 1.165) is 37.7 Å². The van der Waals surface area contributed by atoms with E-state index in [1.54, 1.807) is 12.4 Å². The highest BCUT2D eigenvalue weighted by atomic mass is 32.2. The number of hydrogen-bond donors (Lipinski definition) is 2. The van der Waals surface area contributed by atoms with Gasteiger partial charge in [0, 0.05) is 24.5 Å². The molecule has 1 heterocycles. The predicted molar refractivity (Wildman–Crippen MR) is 79.7 cm³/mol. The highest BCUT2D eigenvalue weighted by Gasteiger charge is 2.24. The summed E-state index contributed by atoms with van der Waals surface area (Å²) in [6, 6.07) is 3.51. The monoisotopic (exact) mass is 297 g/mol. The van der Waals surface area contributed by atoms with Gasteiger partial charge in [-0.25, -0.2) is 13.1 Å². The molecule has 0 amide bonds. The van der Waals surface area contributed by atoms with Crippen LogP contribution in [-0.4, -0.2) is 31.2 Å². The van der Waals surface area contributed by atoms with Crippen LogP contribution < -0.4 is 10.5 Å². The summed E-state index contributed by atoms with van der Waals surface area (Å²) in [6.45, 7) is 0. The lowest BCUT2D eigenvalue weighted by Crippen LogP contribution is -2.47. The molecule has 1 saturated carbocycles. The zero-order valence-electron chi connectivity index (χ0n) is 11.7. The van der Waals surface area contributed by atoms with Crippen LogP contribution in [0.1, 0.15) is 37.7 Å². The third kappa shape index (κ3) is 4.85. The molecule has 2 atom stereocenters.